The minimum Gasteiger partial charge on any atom is -0.339 e. The molecule has 3 aromatic rings. The predicted octanol–water partition coefficient (Wildman–Crippen LogP) is 1.88. The maximum Gasteiger partial charge on any atom is 0.255 e. The first-order chi connectivity index (χ1) is 11.1. The zero-order valence-electron chi connectivity index (χ0n) is 13.1. The van der Waals surface area contributed by atoms with Crippen LogP contribution >= 0.6 is 0 Å². The van der Waals surface area contributed by atoms with Crippen LogP contribution in [0.5, 0.6) is 0 Å². The van der Waals surface area contributed by atoms with Gasteiger partial charge in [0, 0.05) is 5.69 Å². The van der Waals surface area contributed by atoms with Crippen LogP contribution in [0.1, 0.15) is 46.7 Å². The van der Waals surface area contributed by atoms with Crippen molar-refractivity contribution in [3.05, 3.63) is 47.3 Å². The third-order valence-corrected chi connectivity index (χ3v) is 4.86. The lowest BCUT2D eigenvalue weighted by Gasteiger charge is -2.40. The lowest BCUT2D eigenvalue weighted by molar-refractivity contribution is 0.0811. The number of nitrogens with one attached hydrogen (secondary N) is 2. The fraction of sp³-hybridized carbons (Fsp3) is 0.375. The fourth-order valence-electron chi connectivity index (χ4n) is 3.12. The molecule has 2 N–H and O–H groups in total. The number of pyridine rings is 1. The van der Waals surface area contributed by atoms with Gasteiger partial charge in [-0.2, -0.15) is 10.2 Å². The minimum atomic E-state index is -0.429. The minimum absolute atomic E-state index is 0.126. The molecule has 0 aromatic carbocycles. The molecule has 0 saturated heterocycles. The van der Waals surface area contributed by atoms with E-state index in [1.807, 2.05) is 30.5 Å². The van der Waals surface area contributed by atoms with Gasteiger partial charge >= 0.3 is 0 Å². The smallest absolute Gasteiger partial charge is 0.255 e. The van der Waals surface area contributed by atoms with E-state index in [9.17, 15) is 4.79 Å². The molecule has 23 heavy (non-hydrogen) atoms. The van der Waals surface area contributed by atoms with Gasteiger partial charge in [-0.25, -0.2) is 9.50 Å². The summed E-state index contributed by atoms with van der Waals surface area (Å²) in [6.07, 6.45) is 5.90. The van der Waals surface area contributed by atoms with E-state index in [0.717, 1.165) is 41.9 Å². The summed E-state index contributed by atoms with van der Waals surface area (Å²) in [6, 6.07) is 3.95. The highest BCUT2D eigenvalue weighted by Gasteiger charge is 2.43. The number of carbonyl (C=O) groups excluding carboxylic acids is 1. The highest BCUT2D eigenvalue weighted by molar-refractivity contribution is 6.01. The van der Waals surface area contributed by atoms with Gasteiger partial charge in [-0.05, 0) is 44.7 Å². The second-order valence-electron chi connectivity index (χ2n) is 6.18. The first-order valence-corrected chi connectivity index (χ1v) is 7.73. The molecule has 0 bridgehead atoms. The summed E-state index contributed by atoms with van der Waals surface area (Å²) in [5, 5.41) is 14.3. The van der Waals surface area contributed by atoms with Crippen LogP contribution in [0.2, 0.25) is 0 Å². The molecule has 1 aliphatic rings. The predicted molar refractivity (Wildman–Crippen MR) is 84.0 cm³/mol. The Labute approximate surface area is 133 Å². The van der Waals surface area contributed by atoms with E-state index < -0.39 is 5.54 Å². The molecule has 0 spiro atoms. The van der Waals surface area contributed by atoms with Crippen LogP contribution in [0, 0.1) is 13.8 Å². The second kappa shape index (κ2) is 4.91. The zero-order chi connectivity index (χ0) is 16.0. The molecule has 0 radical (unpaired) electrons. The van der Waals surface area contributed by atoms with Crippen LogP contribution in [0.3, 0.4) is 0 Å². The number of nitrogens with zero attached hydrogens (tertiary/aromatic N) is 4. The highest BCUT2D eigenvalue weighted by atomic mass is 16.1. The number of rotatable bonds is 3. The molecule has 1 fully saturated rings. The summed E-state index contributed by atoms with van der Waals surface area (Å²) < 4.78 is 1.81. The molecule has 7 nitrogen and oxygen atoms in total. The lowest BCUT2D eigenvalue weighted by atomic mass is 9.76. The van der Waals surface area contributed by atoms with Gasteiger partial charge in [0.05, 0.1) is 22.8 Å². The van der Waals surface area contributed by atoms with Crippen molar-refractivity contribution in [3.63, 3.8) is 0 Å². The number of hydrogen-bond acceptors (Lipinski definition) is 4. The quantitative estimate of drug-likeness (QED) is 0.773. The third-order valence-electron chi connectivity index (χ3n) is 4.86. The average Bonchev–Trinajstić information content (AvgIpc) is 3.16. The van der Waals surface area contributed by atoms with E-state index in [1.54, 1.807) is 6.20 Å². The van der Waals surface area contributed by atoms with Gasteiger partial charge < -0.3 is 5.32 Å². The molecular formula is C16H18N6O. The van der Waals surface area contributed by atoms with Gasteiger partial charge in [0.25, 0.3) is 5.91 Å². The van der Waals surface area contributed by atoms with Crippen molar-refractivity contribution < 1.29 is 4.79 Å². The Bertz CT molecular complexity index is 876. The topological polar surface area (TPSA) is 88.0 Å². The monoisotopic (exact) mass is 310 g/mol. The van der Waals surface area contributed by atoms with Gasteiger partial charge in [-0.15, -0.1) is 0 Å². The molecule has 1 aliphatic carbocycles. The van der Waals surface area contributed by atoms with E-state index in [0.29, 0.717) is 5.56 Å². The van der Waals surface area contributed by atoms with E-state index in [4.69, 9.17) is 0 Å². The number of aromatic nitrogens is 5. The summed E-state index contributed by atoms with van der Waals surface area (Å²) in [5.41, 5.74) is 3.15. The zero-order valence-corrected chi connectivity index (χ0v) is 13.1. The number of aryl methyl sites for hydroxylation is 2. The van der Waals surface area contributed by atoms with E-state index in [-0.39, 0.29) is 5.91 Å². The Balaban J connectivity index is 1.69. The maximum atomic E-state index is 12.8. The molecule has 1 amide bonds. The number of fused-ring (bicyclic) bond motifs is 1. The SMILES string of the molecule is Cc1ccc2c(C(=O)NC3(c4ncn[nH]4)CCC3)cnn2c1C. The number of amides is 1. The first kappa shape index (κ1) is 13.9. The summed E-state index contributed by atoms with van der Waals surface area (Å²) in [4.78, 5) is 17.0. The number of carbonyl (C=O) groups is 1. The normalized spacial score (nSPS) is 16.3. The van der Waals surface area contributed by atoms with E-state index in [1.165, 1.54) is 6.33 Å². The van der Waals surface area contributed by atoms with Crippen molar-refractivity contribution >= 4 is 11.4 Å². The molecule has 0 aliphatic heterocycles. The van der Waals surface area contributed by atoms with Crippen molar-refractivity contribution in [2.75, 3.05) is 0 Å². The van der Waals surface area contributed by atoms with Crippen LogP contribution < -0.4 is 5.32 Å². The van der Waals surface area contributed by atoms with Crippen LogP contribution in [0.4, 0.5) is 0 Å². The Morgan fingerprint density at radius 3 is 2.83 bits per heavy atom. The van der Waals surface area contributed by atoms with Gasteiger partial charge in [-0.3, -0.25) is 9.89 Å². The number of aromatic amines is 1. The van der Waals surface area contributed by atoms with Crippen molar-refractivity contribution in [2.24, 2.45) is 0 Å². The summed E-state index contributed by atoms with van der Waals surface area (Å²) in [7, 11) is 0. The van der Waals surface area contributed by atoms with Crippen molar-refractivity contribution in [1.29, 1.82) is 0 Å². The Morgan fingerprint density at radius 2 is 2.17 bits per heavy atom. The Hall–Kier alpha value is -2.70. The molecule has 1 saturated carbocycles. The van der Waals surface area contributed by atoms with Gasteiger partial charge in [-0.1, -0.05) is 6.07 Å². The summed E-state index contributed by atoms with van der Waals surface area (Å²) in [6.45, 7) is 4.03. The Kier molecular flexibility index (Phi) is 2.97. The maximum absolute atomic E-state index is 12.8. The molecule has 7 heteroatoms. The molecule has 118 valence electrons. The largest absolute Gasteiger partial charge is 0.339 e. The van der Waals surface area contributed by atoms with Crippen LogP contribution in [-0.4, -0.2) is 30.7 Å². The molecule has 3 heterocycles. The summed E-state index contributed by atoms with van der Waals surface area (Å²) >= 11 is 0. The van der Waals surface area contributed by atoms with Crippen LogP contribution in [-0.2, 0) is 5.54 Å². The fourth-order valence-corrected chi connectivity index (χ4v) is 3.12. The van der Waals surface area contributed by atoms with Gasteiger partial charge in [0.1, 0.15) is 12.2 Å². The highest BCUT2D eigenvalue weighted by Crippen LogP contribution is 2.39. The van der Waals surface area contributed by atoms with Crippen molar-refractivity contribution in [2.45, 2.75) is 38.6 Å². The molecular weight excluding hydrogens is 292 g/mol. The van der Waals surface area contributed by atoms with Crippen LogP contribution in [0.25, 0.3) is 5.52 Å². The molecule has 4 rings (SSSR count). The van der Waals surface area contributed by atoms with Gasteiger partial charge in [0.15, 0.2) is 0 Å². The number of hydrogen-bond donors (Lipinski definition) is 2. The van der Waals surface area contributed by atoms with Gasteiger partial charge in [0.2, 0.25) is 0 Å². The average molecular weight is 310 g/mol. The first-order valence-electron chi connectivity index (χ1n) is 7.73. The second-order valence-corrected chi connectivity index (χ2v) is 6.18. The Morgan fingerprint density at radius 1 is 1.35 bits per heavy atom. The van der Waals surface area contributed by atoms with E-state index in [2.05, 4.69) is 25.6 Å². The molecule has 3 aromatic heterocycles. The van der Waals surface area contributed by atoms with Crippen LogP contribution in [0.15, 0.2) is 24.7 Å². The molecule has 0 atom stereocenters. The lowest BCUT2D eigenvalue weighted by Crippen LogP contribution is -2.51. The molecule has 0 unspecified atom stereocenters. The third kappa shape index (κ3) is 2.03. The van der Waals surface area contributed by atoms with E-state index >= 15 is 0 Å². The summed E-state index contributed by atoms with van der Waals surface area (Å²) in [5.74, 6) is 0.597. The standard InChI is InChI=1S/C16H18N6O/c1-10-4-5-13-12(8-19-22(13)11(10)2)14(23)20-16(6-3-7-16)15-17-9-18-21-15/h4-5,8-9H,3,6-7H2,1-2H3,(H,20,23)(H,17,18,21). The number of H-pyrrole nitrogens is 1. The van der Waals surface area contributed by atoms with Crippen molar-refractivity contribution in [3.8, 4) is 0 Å². The van der Waals surface area contributed by atoms with Crippen molar-refractivity contribution in [1.82, 2.24) is 30.1 Å².